The molecule has 2 fully saturated rings. The van der Waals surface area contributed by atoms with Crippen LogP contribution in [0.2, 0.25) is 0 Å². The first-order valence-corrected chi connectivity index (χ1v) is 16.7. The highest BCUT2D eigenvalue weighted by Crippen LogP contribution is 2.35. The van der Waals surface area contributed by atoms with Crippen LogP contribution in [0.4, 0.5) is 0 Å². The summed E-state index contributed by atoms with van der Waals surface area (Å²) < 4.78 is 25.2. The van der Waals surface area contributed by atoms with Crippen molar-refractivity contribution in [2.75, 3.05) is 19.3 Å². The Labute approximate surface area is 244 Å². The molecule has 2 aliphatic heterocycles. The summed E-state index contributed by atoms with van der Waals surface area (Å²) >= 11 is 1.51. The smallest absolute Gasteiger partial charge is 0.254 e. The van der Waals surface area contributed by atoms with Crippen LogP contribution in [0.1, 0.15) is 68.7 Å². The Hall–Kier alpha value is -3.12. The van der Waals surface area contributed by atoms with E-state index in [-0.39, 0.29) is 34.0 Å². The molecule has 1 aromatic heterocycles. The highest BCUT2D eigenvalue weighted by atomic mass is 32.2. The largest absolute Gasteiger partial charge is 0.389 e. The van der Waals surface area contributed by atoms with Crippen LogP contribution in [0.3, 0.4) is 0 Å². The molecule has 2 saturated heterocycles. The Kier molecular flexibility index (Phi) is 8.88. The van der Waals surface area contributed by atoms with E-state index in [1.54, 1.807) is 4.90 Å². The van der Waals surface area contributed by atoms with Crippen LogP contribution < -0.4 is 10.6 Å². The number of rotatable bonds is 9. The zero-order chi connectivity index (χ0) is 29.1. The minimum atomic E-state index is -3.73. The van der Waals surface area contributed by atoms with Gasteiger partial charge in [-0.1, -0.05) is 30.3 Å². The van der Waals surface area contributed by atoms with E-state index >= 15 is 0 Å². The normalized spacial score (nSPS) is 20.6. The van der Waals surface area contributed by atoms with Gasteiger partial charge in [-0.25, -0.2) is 13.4 Å². The molecule has 11 heteroatoms. The van der Waals surface area contributed by atoms with Crippen molar-refractivity contribution in [2.45, 2.75) is 68.2 Å². The molecule has 3 N–H and O–H groups in total. The second kappa shape index (κ2) is 12.4. The Morgan fingerprint density at radius 1 is 1.15 bits per heavy atom. The van der Waals surface area contributed by atoms with Gasteiger partial charge in [0.05, 0.1) is 23.1 Å². The van der Waals surface area contributed by atoms with Gasteiger partial charge in [0, 0.05) is 41.0 Å². The van der Waals surface area contributed by atoms with Crippen molar-refractivity contribution in [2.24, 2.45) is 0 Å². The molecule has 2 unspecified atom stereocenters. The lowest BCUT2D eigenvalue weighted by Gasteiger charge is -2.29. The Balaban J connectivity index is 1.44. The third kappa shape index (κ3) is 6.86. The van der Waals surface area contributed by atoms with Gasteiger partial charge in [0.25, 0.3) is 11.8 Å². The van der Waals surface area contributed by atoms with Crippen molar-refractivity contribution in [1.29, 1.82) is 0 Å². The Morgan fingerprint density at radius 3 is 2.56 bits per heavy atom. The molecule has 5 rings (SSSR count). The van der Waals surface area contributed by atoms with Crippen LogP contribution in [0, 0.1) is 6.92 Å². The van der Waals surface area contributed by atoms with Gasteiger partial charge in [-0.05, 0) is 69.3 Å². The lowest BCUT2D eigenvalue weighted by atomic mass is 9.95. The summed E-state index contributed by atoms with van der Waals surface area (Å²) in [5.74, 6) is -0.882. The molecule has 4 atom stereocenters. The van der Waals surface area contributed by atoms with Crippen molar-refractivity contribution in [1.82, 2.24) is 20.5 Å². The van der Waals surface area contributed by atoms with Gasteiger partial charge in [0.2, 0.25) is 0 Å². The lowest BCUT2D eigenvalue weighted by Crippen LogP contribution is -2.52. The monoisotopic (exact) mass is 596 g/mol. The van der Waals surface area contributed by atoms with E-state index in [0.717, 1.165) is 54.7 Å². The number of amides is 2. The molecule has 218 valence electrons. The van der Waals surface area contributed by atoms with Gasteiger partial charge < -0.3 is 20.6 Å². The number of hydrogen-bond donors (Lipinski definition) is 3. The summed E-state index contributed by atoms with van der Waals surface area (Å²) in [6.07, 6.45) is 3.91. The van der Waals surface area contributed by atoms with Gasteiger partial charge >= 0.3 is 0 Å². The summed E-state index contributed by atoms with van der Waals surface area (Å²) in [4.78, 5) is 33.6. The summed E-state index contributed by atoms with van der Waals surface area (Å²) in [6.45, 7) is 3.23. The number of thiazole rings is 1. The summed E-state index contributed by atoms with van der Waals surface area (Å²) in [7, 11) is -3.73. The molecular weight excluding hydrogens is 560 g/mol. The first-order valence-electron chi connectivity index (χ1n) is 13.9. The minimum absolute atomic E-state index is 0.0572. The van der Waals surface area contributed by atoms with Gasteiger partial charge in [-0.3, -0.25) is 9.59 Å². The number of nitrogens with one attached hydrogen (secondary N) is 2. The fourth-order valence-electron chi connectivity index (χ4n) is 5.69. The number of carbonyl (C=O) groups excluding carboxylic acids is 2. The van der Waals surface area contributed by atoms with Crippen LogP contribution in [-0.2, 0) is 16.3 Å². The molecule has 0 bridgehead atoms. The molecule has 0 radical (unpaired) electrons. The maximum absolute atomic E-state index is 13.8. The van der Waals surface area contributed by atoms with E-state index < -0.39 is 27.9 Å². The van der Waals surface area contributed by atoms with E-state index in [2.05, 4.69) is 15.6 Å². The van der Waals surface area contributed by atoms with E-state index in [9.17, 15) is 23.1 Å². The average molecular weight is 597 g/mol. The first-order chi connectivity index (χ1) is 19.6. The topological polar surface area (TPSA) is 129 Å². The van der Waals surface area contributed by atoms with Crippen molar-refractivity contribution >= 4 is 33.0 Å². The van der Waals surface area contributed by atoms with Crippen LogP contribution >= 0.6 is 11.3 Å². The molecule has 2 aliphatic rings. The number of hydrogen-bond acceptors (Lipinski definition) is 8. The fourth-order valence-corrected chi connectivity index (χ4v) is 7.31. The van der Waals surface area contributed by atoms with Crippen molar-refractivity contribution in [3.8, 4) is 0 Å². The third-order valence-electron chi connectivity index (χ3n) is 7.82. The highest BCUT2D eigenvalue weighted by Gasteiger charge is 2.34. The quantitative estimate of drug-likeness (QED) is 0.346. The van der Waals surface area contributed by atoms with Crippen molar-refractivity contribution in [3.63, 3.8) is 0 Å². The molecule has 2 amide bonds. The Bertz CT molecular complexity index is 1500. The van der Waals surface area contributed by atoms with Gasteiger partial charge in [0.1, 0.15) is 5.01 Å². The minimum Gasteiger partial charge on any atom is -0.389 e. The number of aliphatic hydroxyl groups is 1. The summed E-state index contributed by atoms with van der Waals surface area (Å²) in [5, 5.41) is 20.3. The maximum atomic E-state index is 13.8. The SMILES string of the molecule is Cc1csc(C2CCCN2C(=O)c2cc(C(=O)N[C@@H](Cc3ccccc3)[C@H](O)C3CCCN3)cc(S(C)(=O)=O)c2)n1. The van der Waals surface area contributed by atoms with E-state index in [4.69, 9.17) is 0 Å². The van der Waals surface area contributed by atoms with E-state index in [1.807, 2.05) is 42.6 Å². The second-order valence-corrected chi connectivity index (χ2v) is 13.9. The molecule has 3 heterocycles. The fraction of sp³-hybridized carbons (Fsp3) is 0.433. The molecule has 41 heavy (non-hydrogen) atoms. The zero-order valence-electron chi connectivity index (χ0n) is 23.2. The number of benzene rings is 2. The Morgan fingerprint density at radius 2 is 1.90 bits per heavy atom. The highest BCUT2D eigenvalue weighted by molar-refractivity contribution is 7.90. The van der Waals surface area contributed by atoms with Crippen LogP contribution in [0.5, 0.6) is 0 Å². The molecule has 0 spiro atoms. The average Bonchev–Trinajstić information content (AvgIpc) is 3.74. The molecular formula is C30H36N4O5S2. The third-order valence-corrected chi connectivity index (χ3v) is 9.97. The lowest BCUT2D eigenvalue weighted by molar-refractivity contribution is 0.0733. The number of carbonyl (C=O) groups is 2. The van der Waals surface area contributed by atoms with Crippen LogP contribution in [0.15, 0.2) is 58.8 Å². The molecule has 0 saturated carbocycles. The molecule has 0 aliphatic carbocycles. The maximum Gasteiger partial charge on any atom is 0.254 e. The number of sulfone groups is 1. The van der Waals surface area contributed by atoms with Crippen LogP contribution in [-0.4, -0.2) is 72.8 Å². The molecule has 9 nitrogen and oxygen atoms in total. The number of nitrogens with zero attached hydrogens (tertiary/aromatic N) is 2. The molecule has 3 aromatic rings. The van der Waals surface area contributed by atoms with E-state index in [1.165, 1.54) is 29.5 Å². The number of aromatic nitrogens is 1. The summed E-state index contributed by atoms with van der Waals surface area (Å²) in [6, 6.07) is 12.7. The van der Waals surface area contributed by atoms with E-state index in [0.29, 0.717) is 13.0 Å². The van der Waals surface area contributed by atoms with Gasteiger partial charge in [0.15, 0.2) is 9.84 Å². The number of likely N-dealkylation sites (tertiary alicyclic amines) is 1. The van der Waals surface area contributed by atoms with Crippen LogP contribution in [0.25, 0.3) is 0 Å². The summed E-state index contributed by atoms with van der Waals surface area (Å²) in [5.41, 5.74) is 2.04. The van der Waals surface area contributed by atoms with Crippen molar-refractivity contribution < 1.29 is 23.1 Å². The predicted octanol–water partition coefficient (Wildman–Crippen LogP) is 3.29. The zero-order valence-corrected chi connectivity index (χ0v) is 24.9. The van der Waals surface area contributed by atoms with Gasteiger partial charge in [-0.2, -0.15) is 0 Å². The van der Waals surface area contributed by atoms with Crippen molar-refractivity contribution in [3.05, 3.63) is 81.3 Å². The first kappa shape index (κ1) is 29.4. The predicted molar refractivity (Wildman–Crippen MR) is 158 cm³/mol. The van der Waals surface area contributed by atoms with Gasteiger partial charge in [-0.15, -0.1) is 11.3 Å². The molecule has 2 aromatic carbocycles. The number of aliphatic hydroxyl groups excluding tert-OH is 1. The standard InChI is InChI=1S/C30H36N4O5S2/c1-19-18-40-29(32-19)26-11-7-13-34(26)30(37)22-15-21(16-23(17-22)41(2,38)39)28(36)33-25(14-20-8-4-3-5-9-20)27(35)24-10-6-12-31-24/h3-5,8-9,15-18,24-27,31,35H,6-7,10-14H2,1-2H3,(H,33,36)/t24?,25-,26?,27+/m0/s1. The number of aryl methyl sites for hydroxylation is 1. The second-order valence-electron chi connectivity index (χ2n) is 11.0.